The summed E-state index contributed by atoms with van der Waals surface area (Å²) >= 11 is 4.78. The SMILES string of the molecule is COc1ccc(C(=O)NCC(C)C(N)=S)c(F)c1. The Hall–Kier alpha value is -1.69. The maximum absolute atomic E-state index is 13.6. The zero-order valence-electron chi connectivity index (χ0n) is 10.2. The van der Waals surface area contributed by atoms with Crippen molar-refractivity contribution in [2.24, 2.45) is 11.7 Å². The summed E-state index contributed by atoms with van der Waals surface area (Å²) in [6, 6.07) is 4.05. The molecule has 0 saturated carbocycles. The van der Waals surface area contributed by atoms with E-state index >= 15 is 0 Å². The van der Waals surface area contributed by atoms with Gasteiger partial charge in [0.25, 0.3) is 5.91 Å². The summed E-state index contributed by atoms with van der Waals surface area (Å²) in [5.74, 6) is -0.904. The van der Waals surface area contributed by atoms with E-state index in [0.29, 0.717) is 10.7 Å². The number of carbonyl (C=O) groups is 1. The quantitative estimate of drug-likeness (QED) is 0.796. The first-order valence-electron chi connectivity index (χ1n) is 5.36. The molecule has 0 bridgehead atoms. The van der Waals surface area contributed by atoms with Crippen LogP contribution in [0.2, 0.25) is 0 Å². The van der Waals surface area contributed by atoms with Gasteiger partial charge in [-0.25, -0.2) is 4.39 Å². The van der Waals surface area contributed by atoms with Crippen LogP contribution in [0.25, 0.3) is 0 Å². The van der Waals surface area contributed by atoms with Crippen LogP contribution in [0.4, 0.5) is 4.39 Å². The van der Waals surface area contributed by atoms with Crippen molar-refractivity contribution in [2.75, 3.05) is 13.7 Å². The molecule has 18 heavy (non-hydrogen) atoms. The lowest BCUT2D eigenvalue weighted by molar-refractivity contribution is 0.0947. The fourth-order valence-corrected chi connectivity index (χ4v) is 1.33. The molecule has 0 spiro atoms. The van der Waals surface area contributed by atoms with Crippen LogP contribution < -0.4 is 15.8 Å². The highest BCUT2D eigenvalue weighted by molar-refractivity contribution is 7.80. The molecule has 1 aromatic rings. The van der Waals surface area contributed by atoms with Gasteiger partial charge in [-0.1, -0.05) is 19.1 Å². The molecular weight excluding hydrogens is 255 g/mol. The van der Waals surface area contributed by atoms with Crippen LogP contribution in [0.1, 0.15) is 17.3 Å². The topological polar surface area (TPSA) is 64.3 Å². The highest BCUT2D eigenvalue weighted by atomic mass is 32.1. The van der Waals surface area contributed by atoms with Gasteiger partial charge in [0, 0.05) is 18.5 Å². The normalized spacial score (nSPS) is 11.7. The smallest absolute Gasteiger partial charge is 0.254 e. The molecule has 1 rings (SSSR count). The number of rotatable bonds is 5. The summed E-state index contributed by atoms with van der Waals surface area (Å²) in [5.41, 5.74) is 5.38. The van der Waals surface area contributed by atoms with Crippen molar-refractivity contribution in [3.05, 3.63) is 29.6 Å². The molecular formula is C12H15FN2O2S. The van der Waals surface area contributed by atoms with Gasteiger partial charge in [-0.2, -0.15) is 0 Å². The van der Waals surface area contributed by atoms with Crippen LogP contribution in [0.5, 0.6) is 5.75 Å². The van der Waals surface area contributed by atoms with E-state index in [1.165, 1.54) is 19.2 Å². The molecule has 0 fully saturated rings. The Morgan fingerprint density at radius 3 is 2.78 bits per heavy atom. The molecule has 0 aliphatic carbocycles. The summed E-state index contributed by atoms with van der Waals surface area (Å²) < 4.78 is 18.4. The fourth-order valence-electron chi connectivity index (χ4n) is 1.25. The van der Waals surface area contributed by atoms with E-state index in [1.807, 2.05) is 0 Å². The van der Waals surface area contributed by atoms with Gasteiger partial charge in [0.15, 0.2) is 0 Å². The number of hydrogen-bond donors (Lipinski definition) is 2. The van der Waals surface area contributed by atoms with Crippen LogP contribution in [-0.4, -0.2) is 24.6 Å². The maximum atomic E-state index is 13.6. The van der Waals surface area contributed by atoms with E-state index in [1.54, 1.807) is 6.92 Å². The summed E-state index contributed by atoms with van der Waals surface area (Å²) in [7, 11) is 1.43. The minimum Gasteiger partial charge on any atom is -0.497 e. The molecule has 0 radical (unpaired) electrons. The predicted octanol–water partition coefficient (Wildman–Crippen LogP) is 1.49. The van der Waals surface area contributed by atoms with Gasteiger partial charge >= 0.3 is 0 Å². The Kier molecular flexibility index (Phi) is 5.03. The van der Waals surface area contributed by atoms with Crippen LogP contribution in [0.3, 0.4) is 0 Å². The minimum atomic E-state index is -0.630. The number of benzene rings is 1. The summed E-state index contributed by atoms with van der Waals surface area (Å²) in [6.45, 7) is 2.06. The third-order valence-electron chi connectivity index (χ3n) is 2.48. The number of nitrogens with two attached hydrogens (primary N) is 1. The van der Waals surface area contributed by atoms with E-state index in [0.717, 1.165) is 6.07 Å². The molecule has 0 aliphatic rings. The molecule has 0 saturated heterocycles. The molecule has 4 nitrogen and oxygen atoms in total. The highest BCUT2D eigenvalue weighted by Gasteiger charge is 2.14. The predicted molar refractivity (Wildman–Crippen MR) is 71.2 cm³/mol. The van der Waals surface area contributed by atoms with Gasteiger partial charge in [0.2, 0.25) is 0 Å². The van der Waals surface area contributed by atoms with Gasteiger partial charge in [-0.15, -0.1) is 0 Å². The van der Waals surface area contributed by atoms with Crippen molar-refractivity contribution in [1.29, 1.82) is 0 Å². The van der Waals surface area contributed by atoms with Crippen molar-refractivity contribution in [1.82, 2.24) is 5.32 Å². The Balaban J connectivity index is 2.70. The molecule has 0 heterocycles. The van der Waals surface area contributed by atoms with Crippen LogP contribution in [-0.2, 0) is 0 Å². The lowest BCUT2D eigenvalue weighted by Gasteiger charge is -2.11. The van der Waals surface area contributed by atoms with Crippen molar-refractivity contribution in [2.45, 2.75) is 6.92 Å². The molecule has 0 aliphatic heterocycles. The summed E-state index contributed by atoms with van der Waals surface area (Å²) in [6.07, 6.45) is 0. The first kappa shape index (κ1) is 14.4. The largest absolute Gasteiger partial charge is 0.497 e. The minimum absolute atomic E-state index is 0.0362. The summed E-state index contributed by atoms with van der Waals surface area (Å²) in [5, 5.41) is 2.57. The number of halogens is 1. The van der Waals surface area contributed by atoms with E-state index in [4.69, 9.17) is 22.7 Å². The number of amides is 1. The molecule has 0 aromatic heterocycles. The van der Waals surface area contributed by atoms with Crippen LogP contribution in [0, 0.1) is 11.7 Å². The molecule has 1 aromatic carbocycles. The Morgan fingerprint density at radius 2 is 2.28 bits per heavy atom. The summed E-state index contributed by atoms with van der Waals surface area (Å²) in [4.78, 5) is 12.0. The molecule has 3 N–H and O–H groups in total. The number of carbonyl (C=O) groups excluding carboxylic acids is 1. The third-order valence-corrected chi connectivity index (χ3v) is 2.88. The van der Waals surface area contributed by atoms with Crippen molar-refractivity contribution in [3.63, 3.8) is 0 Å². The van der Waals surface area contributed by atoms with Crippen molar-refractivity contribution in [3.8, 4) is 5.75 Å². The lowest BCUT2D eigenvalue weighted by Crippen LogP contribution is -2.34. The number of thiocarbonyl (C=S) groups is 1. The average Bonchev–Trinajstić information content (AvgIpc) is 2.34. The van der Waals surface area contributed by atoms with Crippen molar-refractivity contribution >= 4 is 23.1 Å². The van der Waals surface area contributed by atoms with E-state index in [9.17, 15) is 9.18 Å². The standard InChI is InChI=1S/C12H15FN2O2S/c1-7(11(14)18)6-15-12(16)9-4-3-8(17-2)5-10(9)13/h3-5,7H,6H2,1-2H3,(H2,14,18)(H,15,16). The zero-order valence-corrected chi connectivity index (χ0v) is 11.0. The number of methoxy groups -OCH3 is 1. The fraction of sp³-hybridized carbons (Fsp3) is 0.333. The molecule has 98 valence electrons. The van der Waals surface area contributed by atoms with Gasteiger partial charge in [-0.05, 0) is 12.1 Å². The van der Waals surface area contributed by atoms with Crippen LogP contribution >= 0.6 is 12.2 Å². The monoisotopic (exact) mass is 270 g/mol. The van der Waals surface area contributed by atoms with Crippen LogP contribution in [0.15, 0.2) is 18.2 Å². The van der Waals surface area contributed by atoms with Gasteiger partial charge in [0.1, 0.15) is 11.6 Å². The second kappa shape index (κ2) is 6.30. The maximum Gasteiger partial charge on any atom is 0.254 e. The molecule has 1 unspecified atom stereocenters. The van der Waals surface area contributed by atoms with E-state index < -0.39 is 11.7 Å². The molecule has 1 amide bonds. The highest BCUT2D eigenvalue weighted by Crippen LogP contribution is 2.16. The third kappa shape index (κ3) is 3.66. The Labute approximate surface area is 110 Å². The Bertz CT molecular complexity index is 465. The average molecular weight is 270 g/mol. The van der Waals surface area contributed by atoms with Gasteiger partial charge in [-0.3, -0.25) is 4.79 Å². The number of ether oxygens (including phenoxy) is 1. The van der Waals surface area contributed by atoms with E-state index in [2.05, 4.69) is 5.32 Å². The second-order valence-electron chi connectivity index (χ2n) is 3.86. The number of nitrogens with one attached hydrogen (secondary N) is 1. The van der Waals surface area contributed by atoms with Gasteiger partial charge < -0.3 is 15.8 Å². The van der Waals surface area contributed by atoms with E-state index in [-0.39, 0.29) is 18.0 Å². The molecule has 1 atom stereocenters. The molecule has 6 heteroatoms. The zero-order chi connectivity index (χ0) is 13.7. The first-order chi connectivity index (χ1) is 8.45. The Morgan fingerprint density at radius 1 is 1.61 bits per heavy atom. The van der Waals surface area contributed by atoms with Crippen molar-refractivity contribution < 1.29 is 13.9 Å². The lowest BCUT2D eigenvalue weighted by atomic mass is 10.1. The van der Waals surface area contributed by atoms with Gasteiger partial charge in [0.05, 0.1) is 17.7 Å². The first-order valence-corrected chi connectivity index (χ1v) is 5.77. The number of hydrogen-bond acceptors (Lipinski definition) is 3. The second-order valence-corrected chi connectivity index (χ2v) is 4.33.